The molecule has 0 radical (unpaired) electrons. The number of para-hydroxylation sites is 1. The molecule has 2 aromatic rings. The van der Waals surface area contributed by atoms with Gasteiger partial charge in [0.15, 0.2) is 5.78 Å². The van der Waals surface area contributed by atoms with Crippen LogP contribution in [0.25, 0.3) is 0 Å². The second-order valence-electron chi connectivity index (χ2n) is 7.05. The van der Waals surface area contributed by atoms with Gasteiger partial charge in [-0.2, -0.15) is 0 Å². The van der Waals surface area contributed by atoms with Gasteiger partial charge in [-0.15, -0.1) is 0 Å². The molecule has 0 saturated heterocycles. The van der Waals surface area contributed by atoms with Crippen LogP contribution in [0.1, 0.15) is 37.7 Å². The van der Waals surface area contributed by atoms with E-state index in [1.807, 2.05) is 41.3 Å². The normalized spacial score (nSPS) is 19.3. The van der Waals surface area contributed by atoms with E-state index in [4.69, 9.17) is 10.5 Å². The molecule has 1 aromatic carbocycles. The standard InChI is InChI=1S/C23H23N3O3/c1-2-29-23(28)21-19(15-8-7-13-25-14-15)20-17(11-6-12-18(20)27)26(22(21)24)16-9-4-3-5-10-16/h3-5,7-10,13-14,19H,2,6,11-12,24H2,1H3/t19-/m1/s1. The van der Waals surface area contributed by atoms with Crippen LogP contribution >= 0.6 is 0 Å². The number of allylic oxidation sites excluding steroid dienone is 2. The first kappa shape index (κ1) is 18.9. The highest BCUT2D eigenvalue weighted by atomic mass is 16.5. The first-order valence-electron chi connectivity index (χ1n) is 9.81. The highest BCUT2D eigenvalue weighted by molar-refractivity contribution is 6.05. The van der Waals surface area contributed by atoms with Crippen LogP contribution in [0, 0.1) is 0 Å². The lowest BCUT2D eigenvalue weighted by atomic mass is 9.75. The number of nitrogens with two attached hydrogens (primary N) is 1. The molecule has 6 heteroatoms. The Morgan fingerprint density at radius 3 is 2.69 bits per heavy atom. The Morgan fingerprint density at radius 1 is 1.21 bits per heavy atom. The Hall–Kier alpha value is -3.41. The molecule has 0 saturated carbocycles. The Kier molecular flexibility index (Phi) is 5.16. The van der Waals surface area contributed by atoms with Crippen LogP contribution in [0.5, 0.6) is 0 Å². The summed E-state index contributed by atoms with van der Waals surface area (Å²) in [7, 11) is 0. The summed E-state index contributed by atoms with van der Waals surface area (Å²) in [4.78, 5) is 32.2. The molecule has 1 aliphatic heterocycles. The van der Waals surface area contributed by atoms with Crippen LogP contribution in [0.3, 0.4) is 0 Å². The lowest BCUT2D eigenvalue weighted by Gasteiger charge is -2.40. The number of pyridine rings is 1. The summed E-state index contributed by atoms with van der Waals surface area (Å²) in [6.07, 6.45) is 5.26. The van der Waals surface area contributed by atoms with Crippen molar-refractivity contribution >= 4 is 17.4 Å². The maximum Gasteiger partial charge on any atom is 0.338 e. The number of ketones is 1. The molecule has 0 amide bonds. The lowest BCUT2D eigenvalue weighted by Crippen LogP contribution is -2.41. The van der Waals surface area contributed by atoms with E-state index in [9.17, 15) is 9.59 Å². The van der Waals surface area contributed by atoms with E-state index in [0.717, 1.165) is 23.4 Å². The smallest absolute Gasteiger partial charge is 0.338 e. The monoisotopic (exact) mass is 389 g/mol. The maximum atomic E-state index is 13.1. The van der Waals surface area contributed by atoms with E-state index in [2.05, 4.69) is 4.98 Å². The summed E-state index contributed by atoms with van der Waals surface area (Å²) in [5, 5.41) is 0. The molecule has 1 aromatic heterocycles. The van der Waals surface area contributed by atoms with Gasteiger partial charge in [0.1, 0.15) is 5.82 Å². The number of Topliss-reactive ketones (excluding diaryl/α,β-unsaturated/α-hetero) is 1. The predicted octanol–water partition coefficient (Wildman–Crippen LogP) is 3.43. The van der Waals surface area contributed by atoms with E-state index in [-0.39, 0.29) is 18.0 Å². The minimum absolute atomic E-state index is 0.0373. The van der Waals surface area contributed by atoms with Gasteiger partial charge in [-0.05, 0) is 43.5 Å². The molecular formula is C23H23N3O3. The number of rotatable bonds is 4. The molecule has 2 heterocycles. The number of nitrogens with zero attached hydrogens (tertiary/aromatic N) is 2. The number of carbonyl (C=O) groups is 2. The summed E-state index contributed by atoms with van der Waals surface area (Å²) in [5.41, 5.74) is 9.94. The number of carbonyl (C=O) groups excluding carboxylic acids is 2. The SMILES string of the molecule is CCOC(=O)C1=C(N)N(c2ccccc2)C2=C(C(=O)CCC2)[C@H]1c1cccnc1. The molecule has 1 aliphatic carbocycles. The molecule has 0 unspecified atom stereocenters. The van der Waals surface area contributed by atoms with Gasteiger partial charge in [-0.1, -0.05) is 24.3 Å². The lowest BCUT2D eigenvalue weighted by molar-refractivity contribution is -0.138. The third-order valence-electron chi connectivity index (χ3n) is 5.32. The Balaban J connectivity index is 1.98. The van der Waals surface area contributed by atoms with Gasteiger partial charge in [-0.3, -0.25) is 14.7 Å². The molecule has 6 nitrogen and oxygen atoms in total. The summed E-state index contributed by atoms with van der Waals surface area (Å²) in [5.74, 6) is -0.748. The fourth-order valence-electron chi connectivity index (χ4n) is 4.15. The van der Waals surface area contributed by atoms with Gasteiger partial charge in [0.2, 0.25) is 0 Å². The number of hydrogen-bond donors (Lipinski definition) is 1. The van der Waals surface area contributed by atoms with Crippen LogP contribution in [0.15, 0.2) is 77.5 Å². The quantitative estimate of drug-likeness (QED) is 0.807. The van der Waals surface area contributed by atoms with Gasteiger partial charge in [-0.25, -0.2) is 4.79 Å². The van der Waals surface area contributed by atoms with Crippen molar-refractivity contribution in [1.29, 1.82) is 0 Å². The van der Waals surface area contributed by atoms with E-state index < -0.39 is 11.9 Å². The van der Waals surface area contributed by atoms with Crippen molar-refractivity contribution in [1.82, 2.24) is 4.98 Å². The van der Waals surface area contributed by atoms with Crippen LogP contribution in [-0.4, -0.2) is 23.3 Å². The molecule has 2 N–H and O–H groups in total. The van der Waals surface area contributed by atoms with Gasteiger partial charge in [0.25, 0.3) is 0 Å². The van der Waals surface area contributed by atoms with E-state index in [1.165, 1.54) is 0 Å². The van der Waals surface area contributed by atoms with E-state index in [1.54, 1.807) is 25.4 Å². The molecule has 2 aliphatic rings. The van der Waals surface area contributed by atoms with E-state index in [0.29, 0.717) is 24.2 Å². The van der Waals surface area contributed by atoms with Crippen molar-refractivity contribution in [2.45, 2.75) is 32.1 Å². The van der Waals surface area contributed by atoms with Crippen molar-refractivity contribution < 1.29 is 14.3 Å². The Morgan fingerprint density at radius 2 is 2.00 bits per heavy atom. The molecule has 148 valence electrons. The third-order valence-corrected chi connectivity index (χ3v) is 5.32. The van der Waals surface area contributed by atoms with E-state index >= 15 is 0 Å². The fourth-order valence-corrected chi connectivity index (χ4v) is 4.15. The number of benzene rings is 1. The summed E-state index contributed by atoms with van der Waals surface area (Å²) >= 11 is 0. The second kappa shape index (κ2) is 7.91. The van der Waals surface area contributed by atoms with Gasteiger partial charge >= 0.3 is 5.97 Å². The summed E-state index contributed by atoms with van der Waals surface area (Å²) in [6, 6.07) is 13.2. The number of hydrogen-bond acceptors (Lipinski definition) is 6. The summed E-state index contributed by atoms with van der Waals surface area (Å²) < 4.78 is 5.34. The van der Waals surface area contributed by atoms with Crippen molar-refractivity contribution in [3.8, 4) is 0 Å². The Labute approximate surface area is 169 Å². The van der Waals surface area contributed by atoms with Crippen molar-refractivity contribution in [2.24, 2.45) is 5.73 Å². The highest BCUT2D eigenvalue weighted by Crippen LogP contribution is 2.46. The largest absolute Gasteiger partial charge is 0.463 e. The molecule has 0 spiro atoms. The zero-order valence-electron chi connectivity index (χ0n) is 16.3. The topological polar surface area (TPSA) is 85.5 Å². The van der Waals surface area contributed by atoms with Crippen LogP contribution in [0.2, 0.25) is 0 Å². The first-order valence-corrected chi connectivity index (χ1v) is 9.81. The third kappa shape index (κ3) is 3.31. The summed E-state index contributed by atoms with van der Waals surface area (Å²) in [6.45, 7) is 1.97. The number of aromatic nitrogens is 1. The highest BCUT2D eigenvalue weighted by Gasteiger charge is 2.43. The second-order valence-corrected chi connectivity index (χ2v) is 7.05. The molecule has 0 fully saturated rings. The van der Waals surface area contributed by atoms with Gasteiger partial charge in [0, 0.05) is 35.8 Å². The maximum absolute atomic E-state index is 13.1. The van der Waals surface area contributed by atoms with Crippen molar-refractivity contribution in [3.63, 3.8) is 0 Å². The predicted molar refractivity (Wildman–Crippen MR) is 110 cm³/mol. The Bertz CT molecular complexity index is 997. The number of ether oxygens (including phenoxy) is 1. The minimum atomic E-state index is -0.578. The van der Waals surface area contributed by atoms with Crippen LogP contribution in [-0.2, 0) is 14.3 Å². The number of anilines is 1. The average molecular weight is 389 g/mol. The van der Waals surface area contributed by atoms with Gasteiger partial charge in [0.05, 0.1) is 18.1 Å². The van der Waals surface area contributed by atoms with Crippen LogP contribution in [0.4, 0.5) is 5.69 Å². The number of esters is 1. The molecule has 1 atom stereocenters. The fraction of sp³-hybridized carbons (Fsp3) is 0.261. The van der Waals surface area contributed by atoms with Gasteiger partial charge < -0.3 is 10.5 Å². The zero-order chi connectivity index (χ0) is 20.4. The average Bonchev–Trinajstić information content (AvgIpc) is 2.74. The molecule has 29 heavy (non-hydrogen) atoms. The zero-order valence-corrected chi connectivity index (χ0v) is 16.3. The van der Waals surface area contributed by atoms with Crippen molar-refractivity contribution in [2.75, 3.05) is 11.5 Å². The molecular weight excluding hydrogens is 366 g/mol. The molecule has 4 rings (SSSR count). The van der Waals surface area contributed by atoms with Crippen LogP contribution < -0.4 is 10.6 Å². The molecule has 0 bridgehead atoms. The first-order chi connectivity index (χ1) is 14.1. The minimum Gasteiger partial charge on any atom is -0.463 e. The van der Waals surface area contributed by atoms with Crippen molar-refractivity contribution in [3.05, 3.63) is 83.1 Å².